The van der Waals surface area contributed by atoms with Gasteiger partial charge in [0.25, 0.3) is 0 Å². The topological polar surface area (TPSA) is 69.6 Å². The van der Waals surface area contributed by atoms with Crippen LogP contribution in [-0.4, -0.2) is 34.6 Å². The lowest BCUT2D eigenvalue weighted by Gasteiger charge is -2.25. The summed E-state index contributed by atoms with van der Waals surface area (Å²) < 4.78 is 13.6. The second kappa shape index (κ2) is 6.11. The number of aromatic carboxylic acids is 1. The van der Waals surface area contributed by atoms with Crippen LogP contribution in [0.2, 0.25) is 0 Å². The number of rotatable bonds is 5. The lowest BCUT2D eigenvalue weighted by Crippen LogP contribution is -2.39. The maximum Gasteiger partial charge on any atom is 0.340 e. The summed E-state index contributed by atoms with van der Waals surface area (Å²) in [6.07, 6.45) is 1.91. The fourth-order valence-electron chi connectivity index (χ4n) is 2.21. The van der Waals surface area contributed by atoms with Gasteiger partial charge in [-0.2, -0.15) is 0 Å². The number of hydrogen-bond donors (Lipinski definition) is 2. The van der Waals surface area contributed by atoms with Gasteiger partial charge in [0.1, 0.15) is 11.4 Å². The summed E-state index contributed by atoms with van der Waals surface area (Å²) in [4.78, 5) is 25.1. The molecule has 21 heavy (non-hydrogen) atoms. The van der Waals surface area contributed by atoms with Crippen LogP contribution in [0.15, 0.2) is 18.2 Å². The zero-order valence-electron chi connectivity index (χ0n) is 12.1. The molecule has 0 aliphatic heterocycles. The zero-order valence-corrected chi connectivity index (χ0v) is 12.1. The number of benzene rings is 1. The summed E-state index contributed by atoms with van der Waals surface area (Å²) >= 11 is 0. The second-order valence-corrected chi connectivity index (χ2v) is 5.68. The van der Waals surface area contributed by atoms with Crippen molar-refractivity contribution in [3.8, 4) is 0 Å². The van der Waals surface area contributed by atoms with Gasteiger partial charge in [0, 0.05) is 12.6 Å². The number of hydrogen-bond acceptors (Lipinski definition) is 2. The maximum absolute atomic E-state index is 13.6. The maximum atomic E-state index is 13.6. The van der Waals surface area contributed by atoms with Gasteiger partial charge >= 0.3 is 12.0 Å². The van der Waals surface area contributed by atoms with Crippen molar-refractivity contribution < 1.29 is 19.1 Å². The summed E-state index contributed by atoms with van der Waals surface area (Å²) in [7, 11) is 0. The standard InChI is InChI=1S/C15H19FN2O3/c1-9(2)8-18(10-6-7-10)15(21)17-12-5-3-4-11(16)13(12)14(19)20/h3-5,9-10H,6-8H2,1-2H3,(H,17,21)(H,19,20). The van der Waals surface area contributed by atoms with Crippen molar-refractivity contribution in [1.29, 1.82) is 0 Å². The van der Waals surface area contributed by atoms with Gasteiger partial charge in [0.15, 0.2) is 0 Å². The number of carbonyl (C=O) groups excluding carboxylic acids is 1. The van der Waals surface area contributed by atoms with E-state index in [1.165, 1.54) is 12.1 Å². The molecule has 0 aromatic heterocycles. The predicted molar refractivity (Wildman–Crippen MR) is 76.9 cm³/mol. The first kappa shape index (κ1) is 15.3. The van der Waals surface area contributed by atoms with Crippen LogP contribution in [0, 0.1) is 11.7 Å². The molecule has 2 rings (SSSR count). The van der Waals surface area contributed by atoms with E-state index in [4.69, 9.17) is 5.11 Å². The number of urea groups is 1. The van der Waals surface area contributed by atoms with Crippen LogP contribution in [0.25, 0.3) is 0 Å². The molecule has 0 atom stereocenters. The highest BCUT2D eigenvalue weighted by molar-refractivity contribution is 6.00. The third kappa shape index (κ3) is 3.71. The molecule has 6 heteroatoms. The van der Waals surface area contributed by atoms with E-state index in [0.717, 1.165) is 18.9 Å². The predicted octanol–water partition coefficient (Wildman–Crippen LogP) is 3.18. The SMILES string of the molecule is CC(C)CN(C(=O)Nc1cccc(F)c1C(=O)O)C1CC1. The van der Waals surface area contributed by atoms with E-state index in [0.29, 0.717) is 12.5 Å². The van der Waals surface area contributed by atoms with Crippen LogP contribution in [0.1, 0.15) is 37.0 Å². The van der Waals surface area contributed by atoms with Crippen molar-refractivity contribution in [2.45, 2.75) is 32.7 Å². The Morgan fingerprint density at radius 3 is 2.62 bits per heavy atom. The number of halogens is 1. The van der Waals surface area contributed by atoms with Crippen molar-refractivity contribution in [3.63, 3.8) is 0 Å². The molecular formula is C15H19FN2O3. The first-order chi connectivity index (χ1) is 9.90. The summed E-state index contributed by atoms with van der Waals surface area (Å²) in [5.41, 5.74) is -0.520. The number of carboxylic acid groups (broad SMARTS) is 1. The molecule has 1 aromatic rings. The van der Waals surface area contributed by atoms with Gasteiger partial charge in [-0.25, -0.2) is 14.0 Å². The van der Waals surface area contributed by atoms with Crippen LogP contribution < -0.4 is 5.32 Å². The number of carbonyl (C=O) groups is 2. The largest absolute Gasteiger partial charge is 0.478 e. The van der Waals surface area contributed by atoms with Crippen LogP contribution >= 0.6 is 0 Å². The van der Waals surface area contributed by atoms with Crippen LogP contribution in [-0.2, 0) is 0 Å². The molecule has 5 nitrogen and oxygen atoms in total. The van der Waals surface area contributed by atoms with Gasteiger partial charge in [0.05, 0.1) is 5.69 Å². The molecule has 1 aromatic carbocycles. The average molecular weight is 294 g/mol. The minimum atomic E-state index is -1.40. The first-order valence-corrected chi connectivity index (χ1v) is 6.99. The Hall–Kier alpha value is -2.11. The number of carboxylic acids is 1. The normalized spacial score (nSPS) is 14.1. The molecule has 1 aliphatic rings. The molecule has 1 saturated carbocycles. The number of amides is 2. The zero-order chi connectivity index (χ0) is 15.6. The quantitative estimate of drug-likeness (QED) is 0.876. The lowest BCUT2D eigenvalue weighted by molar-refractivity contribution is 0.0693. The Kier molecular flexibility index (Phi) is 4.45. The van der Waals surface area contributed by atoms with E-state index >= 15 is 0 Å². The van der Waals surface area contributed by atoms with E-state index in [1.807, 2.05) is 13.8 Å². The third-order valence-corrected chi connectivity index (χ3v) is 3.28. The molecular weight excluding hydrogens is 275 g/mol. The Balaban J connectivity index is 2.18. The van der Waals surface area contributed by atoms with Crippen LogP contribution in [0.3, 0.4) is 0 Å². The molecule has 2 N–H and O–H groups in total. The van der Waals surface area contributed by atoms with Crippen LogP contribution in [0.4, 0.5) is 14.9 Å². The summed E-state index contributed by atoms with van der Waals surface area (Å²) in [6, 6.07) is 3.66. The minimum Gasteiger partial charge on any atom is -0.478 e. The lowest BCUT2D eigenvalue weighted by atomic mass is 10.1. The Bertz CT molecular complexity index is 556. The fourth-order valence-corrected chi connectivity index (χ4v) is 2.21. The van der Waals surface area contributed by atoms with Crippen molar-refractivity contribution in [2.75, 3.05) is 11.9 Å². The molecule has 0 bridgehead atoms. The van der Waals surface area contributed by atoms with E-state index < -0.39 is 17.3 Å². The molecule has 0 spiro atoms. The van der Waals surface area contributed by atoms with Crippen molar-refractivity contribution >= 4 is 17.7 Å². The van der Waals surface area contributed by atoms with E-state index in [-0.39, 0.29) is 17.8 Å². The highest BCUT2D eigenvalue weighted by Gasteiger charge is 2.33. The number of nitrogens with zero attached hydrogens (tertiary/aromatic N) is 1. The van der Waals surface area contributed by atoms with Crippen molar-refractivity contribution in [2.24, 2.45) is 5.92 Å². The van der Waals surface area contributed by atoms with Crippen molar-refractivity contribution in [3.05, 3.63) is 29.6 Å². The smallest absolute Gasteiger partial charge is 0.340 e. The van der Waals surface area contributed by atoms with Gasteiger partial charge in [-0.15, -0.1) is 0 Å². The first-order valence-electron chi connectivity index (χ1n) is 6.99. The monoisotopic (exact) mass is 294 g/mol. The Morgan fingerprint density at radius 2 is 2.10 bits per heavy atom. The molecule has 2 amide bonds. The van der Waals surface area contributed by atoms with E-state index in [1.54, 1.807) is 4.90 Å². The fraction of sp³-hybridized carbons (Fsp3) is 0.467. The van der Waals surface area contributed by atoms with Gasteiger partial charge in [-0.3, -0.25) is 0 Å². The Labute approximate surface area is 122 Å². The highest BCUT2D eigenvalue weighted by atomic mass is 19.1. The van der Waals surface area contributed by atoms with Crippen molar-refractivity contribution in [1.82, 2.24) is 4.90 Å². The van der Waals surface area contributed by atoms with Gasteiger partial charge in [-0.1, -0.05) is 19.9 Å². The summed E-state index contributed by atoms with van der Waals surface area (Å²) in [5, 5.41) is 11.6. The minimum absolute atomic E-state index is 0.0121. The van der Waals surface area contributed by atoms with E-state index in [2.05, 4.69) is 5.32 Å². The molecule has 1 aliphatic carbocycles. The number of anilines is 1. The highest BCUT2D eigenvalue weighted by Crippen LogP contribution is 2.29. The molecule has 0 unspecified atom stereocenters. The second-order valence-electron chi connectivity index (χ2n) is 5.68. The molecule has 0 radical (unpaired) electrons. The van der Waals surface area contributed by atoms with E-state index in [9.17, 15) is 14.0 Å². The summed E-state index contributed by atoms with van der Waals surface area (Å²) in [6.45, 7) is 4.61. The Morgan fingerprint density at radius 1 is 1.43 bits per heavy atom. The van der Waals surface area contributed by atoms with Gasteiger partial charge in [-0.05, 0) is 30.9 Å². The third-order valence-electron chi connectivity index (χ3n) is 3.28. The molecule has 0 saturated heterocycles. The average Bonchev–Trinajstić information content (AvgIpc) is 3.19. The van der Waals surface area contributed by atoms with Crippen LogP contribution in [0.5, 0.6) is 0 Å². The number of nitrogens with one attached hydrogen (secondary N) is 1. The molecule has 0 heterocycles. The molecule has 114 valence electrons. The summed E-state index contributed by atoms with van der Waals surface area (Å²) in [5.74, 6) is -1.95. The van der Waals surface area contributed by atoms with Gasteiger partial charge < -0.3 is 15.3 Å². The van der Waals surface area contributed by atoms with Gasteiger partial charge in [0.2, 0.25) is 0 Å². The molecule has 1 fully saturated rings.